The van der Waals surface area contributed by atoms with Crippen LogP contribution in [0.25, 0.3) is 0 Å². The number of alkyl halides is 3. The van der Waals surface area contributed by atoms with Crippen molar-refractivity contribution in [3.05, 3.63) is 0 Å². The molecule has 0 bridgehead atoms. The Morgan fingerprint density at radius 3 is 2.50 bits per heavy atom. The van der Waals surface area contributed by atoms with Crippen LogP contribution in [0.1, 0.15) is 25.7 Å². The molecule has 2 aliphatic heterocycles. The van der Waals surface area contributed by atoms with Gasteiger partial charge in [-0.05, 0) is 25.7 Å². The number of hydrogen-bond donors (Lipinski definition) is 5. The number of aliphatic hydroxyl groups excluding tert-OH is 3. The van der Waals surface area contributed by atoms with Gasteiger partial charge < -0.3 is 20.2 Å². The van der Waals surface area contributed by atoms with Crippen LogP contribution in [-0.2, 0) is 4.79 Å². The molecule has 8 nitrogen and oxygen atoms in total. The molecule has 0 spiro atoms. The summed E-state index contributed by atoms with van der Waals surface area (Å²) in [6, 6.07) is -0.488. The quantitative estimate of drug-likeness (QED) is 0.342. The first-order valence-corrected chi connectivity index (χ1v) is 12.2. The summed E-state index contributed by atoms with van der Waals surface area (Å²) in [5.74, 6) is -2.13. The van der Waals surface area contributed by atoms with Gasteiger partial charge in [-0.1, -0.05) is 0 Å². The monoisotopic (exact) mass is 480 g/mol. The zero-order valence-electron chi connectivity index (χ0n) is 18.1. The molecule has 0 radical (unpaired) electrons. The van der Waals surface area contributed by atoms with Gasteiger partial charge in [0.2, 0.25) is 0 Å². The third-order valence-corrected chi connectivity index (χ3v) is 8.37. The number of nitrogens with zero attached hydrogens (tertiary/aromatic N) is 2. The standard InChI is InChI=1S/C21H35ClF2N4O4/c22-12-8-11-19(18(24)16(12)17-13(23)2-1-3-14(17)30)25-10-26-20(11)27-4-6-28(7-5-27)21(32)15(31)9-29/h11-20,25-26,29-31H,1-10H2. The molecule has 2 aliphatic carbocycles. The molecule has 11 heteroatoms. The minimum absolute atomic E-state index is 0.137. The van der Waals surface area contributed by atoms with Gasteiger partial charge >= 0.3 is 0 Å². The van der Waals surface area contributed by atoms with Gasteiger partial charge in [-0.2, -0.15) is 0 Å². The zero-order chi connectivity index (χ0) is 23.0. The van der Waals surface area contributed by atoms with Crippen LogP contribution in [0, 0.1) is 17.8 Å². The smallest absolute Gasteiger partial charge is 0.253 e. The first-order valence-electron chi connectivity index (χ1n) is 11.7. The Morgan fingerprint density at radius 1 is 1.12 bits per heavy atom. The van der Waals surface area contributed by atoms with Gasteiger partial charge in [0.15, 0.2) is 6.10 Å². The zero-order valence-corrected chi connectivity index (χ0v) is 18.9. The van der Waals surface area contributed by atoms with Gasteiger partial charge in [0.1, 0.15) is 12.3 Å². The fourth-order valence-electron chi connectivity index (χ4n) is 6.27. The first kappa shape index (κ1) is 24.5. The highest BCUT2D eigenvalue weighted by Crippen LogP contribution is 2.46. The Morgan fingerprint density at radius 2 is 1.84 bits per heavy atom. The summed E-state index contributed by atoms with van der Waals surface area (Å²) in [6.45, 7) is 1.70. The number of carbonyl (C=O) groups is 1. The lowest BCUT2D eigenvalue weighted by Crippen LogP contribution is -2.71. The molecule has 2 heterocycles. The Labute approximate surface area is 192 Å². The third-order valence-electron chi connectivity index (χ3n) is 7.91. The number of aliphatic hydroxyl groups is 3. The molecule has 1 amide bonds. The maximum atomic E-state index is 15.8. The van der Waals surface area contributed by atoms with Gasteiger partial charge in [0.25, 0.3) is 5.91 Å². The number of nitrogens with one attached hydrogen (secondary N) is 2. The summed E-state index contributed by atoms with van der Waals surface area (Å²) in [7, 11) is 0. The van der Waals surface area contributed by atoms with Crippen LogP contribution in [0.2, 0.25) is 0 Å². The molecule has 4 rings (SSSR count). The first-order chi connectivity index (χ1) is 15.3. The average molecular weight is 481 g/mol. The maximum Gasteiger partial charge on any atom is 0.253 e. The second kappa shape index (κ2) is 10.3. The molecule has 2 saturated heterocycles. The van der Waals surface area contributed by atoms with E-state index in [4.69, 9.17) is 16.7 Å². The van der Waals surface area contributed by atoms with Crippen molar-refractivity contribution in [2.24, 2.45) is 17.8 Å². The highest BCUT2D eigenvalue weighted by Gasteiger charge is 2.55. The predicted octanol–water partition coefficient (Wildman–Crippen LogP) is -0.590. The van der Waals surface area contributed by atoms with Gasteiger partial charge in [0, 0.05) is 62.0 Å². The van der Waals surface area contributed by atoms with E-state index in [0.29, 0.717) is 58.5 Å². The summed E-state index contributed by atoms with van der Waals surface area (Å²) >= 11 is 6.68. The Bertz CT molecular complexity index is 649. The van der Waals surface area contributed by atoms with Crippen molar-refractivity contribution in [2.75, 3.05) is 39.5 Å². The Hall–Kier alpha value is -0.620. The van der Waals surface area contributed by atoms with Crippen molar-refractivity contribution in [3.8, 4) is 0 Å². The number of fused-ring (bicyclic) bond motifs is 1. The van der Waals surface area contributed by atoms with Crippen molar-refractivity contribution < 1.29 is 28.9 Å². The average Bonchev–Trinajstić information content (AvgIpc) is 2.79. The highest BCUT2D eigenvalue weighted by molar-refractivity contribution is 6.21. The molecular weight excluding hydrogens is 446 g/mol. The van der Waals surface area contributed by atoms with Crippen molar-refractivity contribution in [2.45, 2.75) is 67.8 Å². The van der Waals surface area contributed by atoms with E-state index >= 15 is 4.39 Å². The summed E-state index contributed by atoms with van der Waals surface area (Å²) in [6.07, 6.45) is -3.08. The van der Waals surface area contributed by atoms with E-state index in [1.165, 1.54) is 4.90 Å². The fraction of sp³-hybridized carbons (Fsp3) is 0.952. The number of halogens is 3. The molecular formula is C21H35ClF2N4O4. The molecule has 0 aromatic carbocycles. The van der Waals surface area contributed by atoms with E-state index in [2.05, 4.69) is 15.5 Å². The minimum atomic E-state index is -1.41. The van der Waals surface area contributed by atoms with Gasteiger partial charge in [-0.15, -0.1) is 11.6 Å². The number of piperazine rings is 1. The SMILES string of the molecule is O=C(C(O)CO)N1CCN(C2NCNC3C(F)C(C4C(O)CCCC4F)C(Cl)CC32)CC1. The van der Waals surface area contributed by atoms with E-state index in [1.54, 1.807) is 0 Å². The molecule has 5 N–H and O–H groups in total. The molecule has 184 valence electrons. The summed E-state index contributed by atoms with van der Waals surface area (Å²) < 4.78 is 30.5. The van der Waals surface area contributed by atoms with Crippen LogP contribution >= 0.6 is 11.6 Å². The summed E-state index contributed by atoms with van der Waals surface area (Å²) in [4.78, 5) is 15.8. The maximum absolute atomic E-state index is 15.8. The van der Waals surface area contributed by atoms with Crippen LogP contribution in [0.3, 0.4) is 0 Å². The van der Waals surface area contributed by atoms with Crippen molar-refractivity contribution in [1.29, 1.82) is 0 Å². The van der Waals surface area contributed by atoms with E-state index in [0.717, 1.165) is 0 Å². The van der Waals surface area contributed by atoms with Crippen LogP contribution in [0.4, 0.5) is 8.78 Å². The predicted molar refractivity (Wildman–Crippen MR) is 114 cm³/mol. The summed E-state index contributed by atoms with van der Waals surface area (Å²) in [5.41, 5.74) is 0. The van der Waals surface area contributed by atoms with E-state index in [1.807, 2.05) is 0 Å². The third kappa shape index (κ3) is 4.64. The lowest BCUT2D eigenvalue weighted by Gasteiger charge is -2.54. The minimum Gasteiger partial charge on any atom is -0.393 e. The molecule has 10 atom stereocenters. The normalized spacial score (nSPS) is 44.7. The van der Waals surface area contributed by atoms with Crippen LogP contribution < -0.4 is 10.6 Å². The molecule has 2 saturated carbocycles. The Kier molecular flexibility index (Phi) is 7.91. The molecule has 4 aliphatic rings. The molecule has 0 aromatic heterocycles. The second-order valence-corrected chi connectivity index (χ2v) is 10.2. The topological polar surface area (TPSA) is 108 Å². The van der Waals surface area contributed by atoms with Gasteiger partial charge in [-0.3, -0.25) is 20.3 Å². The molecule has 10 unspecified atom stereocenters. The van der Waals surface area contributed by atoms with Crippen molar-refractivity contribution in [1.82, 2.24) is 20.4 Å². The second-order valence-electron chi connectivity index (χ2n) is 9.64. The largest absolute Gasteiger partial charge is 0.393 e. The molecule has 32 heavy (non-hydrogen) atoms. The van der Waals surface area contributed by atoms with E-state index in [9.17, 15) is 19.4 Å². The highest BCUT2D eigenvalue weighted by atomic mass is 35.5. The lowest BCUT2D eigenvalue weighted by atomic mass is 9.65. The summed E-state index contributed by atoms with van der Waals surface area (Å²) in [5, 5.41) is 35.1. The molecule has 0 aromatic rings. The van der Waals surface area contributed by atoms with Crippen LogP contribution in [-0.4, -0.2) is 113 Å². The lowest BCUT2D eigenvalue weighted by molar-refractivity contribution is -0.145. The fourth-order valence-corrected chi connectivity index (χ4v) is 6.78. The molecule has 4 fully saturated rings. The van der Waals surface area contributed by atoms with Gasteiger partial charge in [0.05, 0.1) is 18.9 Å². The van der Waals surface area contributed by atoms with E-state index < -0.39 is 60.3 Å². The Balaban J connectivity index is 1.43. The van der Waals surface area contributed by atoms with Crippen molar-refractivity contribution in [3.63, 3.8) is 0 Å². The van der Waals surface area contributed by atoms with Crippen LogP contribution in [0.15, 0.2) is 0 Å². The van der Waals surface area contributed by atoms with Crippen molar-refractivity contribution >= 4 is 17.5 Å². The number of amides is 1. The number of rotatable bonds is 4. The van der Waals surface area contributed by atoms with Gasteiger partial charge in [-0.25, -0.2) is 8.78 Å². The van der Waals surface area contributed by atoms with Crippen LogP contribution in [0.5, 0.6) is 0 Å². The van der Waals surface area contributed by atoms with E-state index in [-0.39, 0.29) is 12.1 Å². The number of hydrogen-bond acceptors (Lipinski definition) is 7. The number of carbonyl (C=O) groups excluding carboxylic acids is 1.